The minimum Gasteiger partial charge on any atom is -0.465 e. The molecule has 7 heteroatoms. The summed E-state index contributed by atoms with van der Waals surface area (Å²) in [6, 6.07) is -2.16. The van der Waals surface area contributed by atoms with Gasteiger partial charge in [0.1, 0.15) is 12.1 Å². The first-order valence-corrected chi connectivity index (χ1v) is 29.1. The van der Waals surface area contributed by atoms with Crippen LogP contribution in [0.1, 0.15) is 43.0 Å². The Labute approximate surface area is 432 Å². The van der Waals surface area contributed by atoms with Crippen LogP contribution in [0.5, 0.6) is 0 Å². The van der Waals surface area contributed by atoms with E-state index in [1.807, 2.05) is 25.7 Å². The summed E-state index contributed by atoms with van der Waals surface area (Å²) < 4.78 is 19.3. The molecule has 1 saturated heterocycles. The average molecular weight is 994 g/mol. The van der Waals surface area contributed by atoms with E-state index < -0.39 is 28.9 Å². The molecule has 0 saturated carbocycles. The fraction of sp³-hybridized carbons (Fsp3) is 0.153. The van der Waals surface area contributed by atoms with E-state index in [1.54, 1.807) is 10.8 Å². The van der Waals surface area contributed by atoms with Gasteiger partial charge >= 0.3 is 17.9 Å². The number of benzene rings is 17. The molecule has 0 bridgehead atoms. The van der Waals surface area contributed by atoms with Gasteiger partial charge in [0, 0.05) is 0 Å². The van der Waals surface area contributed by atoms with Gasteiger partial charge in [0.05, 0.1) is 37.2 Å². The monoisotopic (exact) mass is 993 g/mol. The Morgan fingerprint density at radius 1 is 0.266 bits per heavy atom. The SMILES string of the molecule is CCOC(=O)CN1C(C(=O)OCC)C23c4c5c6c7c8c9c(c%10c%11c2c2c%12c4c4c%13c5c5c7c7c8c8c%14c9c%10c9c%10c%11c2c2c%11c%12c4c4c%12c%13c5c5c7c7c8c8c%14c9c9c%10c2c2c%11c4c4c%12c5c7c5c8c9c2c45)C63C1C(=O)OCC. The molecule has 28 aromatic rings. The van der Waals surface area contributed by atoms with Crippen molar-refractivity contribution < 1.29 is 28.6 Å². The zero-order valence-electron chi connectivity index (χ0n) is 41.4. The number of ether oxygens (including phenoxy) is 3. The molecule has 7 nitrogen and oxygen atoms in total. The predicted octanol–water partition coefficient (Wildman–Crippen LogP) is 16.0. The van der Waals surface area contributed by atoms with Crippen molar-refractivity contribution in [2.24, 2.45) is 0 Å². The van der Waals surface area contributed by atoms with Gasteiger partial charge in [-0.15, -0.1) is 0 Å². The van der Waals surface area contributed by atoms with Crippen molar-refractivity contribution in [1.29, 1.82) is 0 Å². The maximum Gasteiger partial charge on any atom is 0.324 e. The van der Waals surface area contributed by atoms with Gasteiger partial charge < -0.3 is 14.2 Å². The van der Waals surface area contributed by atoms with Crippen molar-refractivity contribution in [2.45, 2.75) is 43.7 Å². The van der Waals surface area contributed by atoms with Crippen molar-refractivity contribution in [3.8, 4) is 0 Å². The van der Waals surface area contributed by atoms with Crippen LogP contribution in [-0.4, -0.2) is 61.3 Å². The molecule has 1 fully saturated rings. The summed E-state index contributed by atoms with van der Waals surface area (Å²) in [6.45, 7) is 5.91. The average Bonchev–Trinajstić information content (AvgIpc) is 3.01. The van der Waals surface area contributed by atoms with Gasteiger partial charge in [-0.25, -0.2) is 0 Å². The van der Waals surface area contributed by atoms with Gasteiger partial charge in [-0.2, -0.15) is 0 Å². The zero-order chi connectivity index (χ0) is 48.9. The van der Waals surface area contributed by atoms with Crippen molar-refractivity contribution in [3.63, 3.8) is 0 Å². The first-order chi connectivity index (χ1) is 39.0. The van der Waals surface area contributed by atoms with Crippen molar-refractivity contribution in [2.75, 3.05) is 26.4 Å². The second-order valence-corrected chi connectivity index (χ2v) is 27.2. The summed E-state index contributed by atoms with van der Waals surface area (Å²) in [5.74, 6) is -1.21. The minimum absolute atomic E-state index is 0.159. The Morgan fingerprint density at radius 3 is 0.646 bits per heavy atom. The van der Waals surface area contributed by atoms with Crippen LogP contribution in [0.25, 0.3) is 291 Å². The third-order valence-electron chi connectivity index (χ3n) is 26.6. The summed E-state index contributed by atoms with van der Waals surface area (Å²) in [4.78, 5) is 50.3. The van der Waals surface area contributed by atoms with E-state index in [0.717, 1.165) is 0 Å². The van der Waals surface area contributed by atoms with E-state index in [1.165, 1.54) is 302 Å². The molecule has 28 aromatic carbocycles. The highest BCUT2D eigenvalue weighted by Crippen LogP contribution is 2.87. The van der Waals surface area contributed by atoms with Gasteiger partial charge in [-0.1, -0.05) is 0 Å². The number of carbonyl (C=O) groups excluding carboxylic acids is 3. The number of likely N-dealkylation sites (tertiary alicyclic amines) is 1. The highest BCUT2D eigenvalue weighted by Gasteiger charge is 2.83. The highest BCUT2D eigenvalue weighted by molar-refractivity contribution is 6.82. The Bertz CT molecular complexity index is 7300. The lowest BCUT2D eigenvalue weighted by molar-refractivity contribution is -0.157. The molecule has 1 heterocycles. The van der Waals surface area contributed by atoms with E-state index in [-0.39, 0.29) is 38.3 Å². The molecule has 4 unspecified atom stereocenters. The summed E-state index contributed by atoms with van der Waals surface area (Å²) in [7, 11) is 0. The second-order valence-electron chi connectivity index (χ2n) is 27.2. The van der Waals surface area contributed by atoms with Gasteiger partial charge in [0.25, 0.3) is 0 Å². The van der Waals surface area contributed by atoms with E-state index in [0.29, 0.717) is 0 Å². The molecule has 5 aliphatic rings. The molecule has 4 atom stereocenters. The molecule has 0 amide bonds. The van der Waals surface area contributed by atoms with Crippen LogP contribution < -0.4 is 0 Å². The molecule has 33 rings (SSSR count). The zero-order valence-corrected chi connectivity index (χ0v) is 41.4. The normalized spacial score (nSPS) is 23.3. The van der Waals surface area contributed by atoms with Crippen LogP contribution in [-0.2, 0) is 39.4 Å². The number of hydrogen-bond donors (Lipinski definition) is 0. The molecule has 0 aromatic heterocycles. The van der Waals surface area contributed by atoms with Gasteiger partial charge in [0.15, 0.2) is 0 Å². The van der Waals surface area contributed by atoms with E-state index >= 15 is 9.59 Å². The Kier molecular flexibility index (Phi) is 3.20. The third-order valence-corrected chi connectivity index (χ3v) is 26.6. The van der Waals surface area contributed by atoms with Gasteiger partial charge in [-0.05, 0) is 334 Å². The molecule has 1 aliphatic heterocycles. The molecule has 0 N–H and O–H groups in total. The summed E-state index contributed by atoms with van der Waals surface area (Å²) in [5, 5.41) is 77.8. The van der Waals surface area contributed by atoms with Crippen LogP contribution in [0, 0.1) is 0 Å². The maximum absolute atomic E-state index is 16.7. The molecule has 348 valence electrons. The number of rotatable bonds is 7. The number of nitrogens with zero attached hydrogens (tertiary/aromatic N) is 1. The standard InChI is InChI=1S/C72H19NO6/c1-4-77-8(74)7-73-67(69(75)78-5-2)71-63-56-49-37-29-20-11-9-10-12-15(11)24-31(29)39-40-32(24)30-21(12)23-19-14(10)17-16-13(9)18-22(20)35(37)43-41-27(18)25(16)33-34-26(17)28(19)42-44-36(23)38(30)50-52(40)61(60(63)51(39)49)64-57(50)55(44)59-48(42)46(34)53-45(33)47(41)58(54(43)56)65(71)62(53)66(59)72(64,71)68(73)70(76)79-6-3/h67-68H,4-7H2,1-3H3. The number of carbonyl (C=O) groups is 3. The van der Waals surface area contributed by atoms with E-state index in [4.69, 9.17) is 14.2 Å². The molecular weight excluding hydrogens is 975 g/mol. The topological polar surface area (TPSA) is 82.1 Å². The maximum atomic E-state index is 16.7. The van der Waals surface area contributed by atoms with Crippen LogP contribution in [0.3, 0.4) is 0 Å². The van der Waals surface area contributed by atoms with Crippen molar-refractivity contribution in [1.82, 2.24) is 4.90 Å². The first kappa shape index (κ1) is 32.5. The second kappa shape index (κ2) is 7.77. The molecule has 79 heavy (non-hydrogen) atoms. The molecular formula is C72H19NO6. The van der Waals surface area contributed by atoms with Gasteiger partial charge in [0.2, 0.25) is 0 Å². The molecule has 2 spiro atoms. The lowest BCUT2D eigenvalue weighted by Gasteiger charge is -2.50. The number of hydrogen-bond acceptors (Lipinski definition) is 7. The van der Waals surface area contributed by atoms with Gasteiger partial charge in [-0.3, -0.25) is 19.3 Å². The van der Waals surface area contributed by atoms with Crippen LogP contribution in [0.15, 0.2) is 0 Å². The quantitative estimate of drug-likeness (QED) is 0.0894. The van der Waals surface area contributed by atoms with Crippen molar-refractivity contribution in [3.05, 3.63) is 22.3 Å². The molecule has 4 aliphatic carbocycles. The Balaban J connectivity index is 1.10. The van der Waals surface area contributed by atoms with Crippen LogP contribution in [0.2, 0.25) is 0 Å². The first-order valence-electron chi connectivity index (χ1n) is 29.1. The van der Waals surface area contributed by atoms with Crippen molar-refractivity contribution >= 4 is 309 Å². The lowest BCUT2D eigenvalue weighted by Crippen LogP contribution is -2.57. The fourth-order valence-electron chi connectivity index (χ4n) is 26.6. The lowest BCUT2D eigenvalue weighted by atomic mass is 9.48. The minimum atomic E-state index is -1.21. The molecule has 0 radical (unpaired) electrons. The Hall–Kier alpha value is -9.17. The summed E-state index contributed by atoms with van der Waals surface area (Å²) in [5.41, 5.74) is 2.47. The largest absolute Gasteiger partial charge is 0.465 e. The van der Waals surface area contributed by atoms with E-state index in [2.05, 4.69) is 0 Å². The van der Waals surface area contributed by atoms with Crippen LogP contribution >= 0.6 is 0 Å². The highest BCUT2D eigenvalue weighted by atomic mass is 16.5. The summed E-state index contributed by atoms with van der Waals surface area (Å²) in [6.07, 6.45) is 0. The third kappa shape index (κ3) is 1.88. The Morgan fingerprint density at radius 2 is 0.430 bits per heavy atom. The van der Waals surface area contributed by atoms with E-state index in [9.17, 15) is 4.79 Å². The number of esters is 3. The summed E-state index contributed by atoms with van der Waals surface area (Å²) >= 11 is 0. The smallest absolute Gasteiger partial charge is 0.324 e. The predicted molar refractivity (Wildman–Crippen MR) is 318 cm³/mol. The fourth-order valence-corrected chi connectivity index (χ4v) is 26.6. The van der Waals surface area contributed by atoms with Crippen LogP contribution in [0.4, 0.5) is 0 Å².